The van der Waals surface area contributed by atoms with E-state index < -0.39 is 17.6 Å². The number of nitrogens with two attached hydrogens (primary N) is 1. The van der Waals surface area contributed by atoms with E-state index in [-0.39, 0.29) is 12.8 Å². The molecule has 0 atom stereocenters. The number of Topliss-reactive ketones (excluding diaryl/α,β-unsaturated/α-hetero) is 1. The lowest BCUT2D eigenvalue weighted by Gasteiger charge is -2.20. The molecule has 0 spiro atoms. The first-order chi connectivity index (χ1) is 14.0. The zero-order chi connectivity index (χ0) is 23.1. The van der Waals surface area contributed by atoms with Gasteiger partial charge in [-0.1, -0.05) is 46.6 Å². The van der Waals surface area contributed by atoms with Gasteiger partial charge in [-0.2, -0.15) is 0 Å². The van der Waals surface area contributed by atoms with Gasteiger partial charge in [0.25, 0.3) is 5.91 Å². The number of amides is 2. The highest BCUT2D eigenvalue weighted by atomic mass is 16.2. The molecule has 5 heteroatoms. The normalized spacial score (nSPS) is 11.7. The van der Waals surface area contributed by atoms with Crippen molar-refractivity contribution in [1.82, 2.24) is 4.90 Å². The Kier molecular flexibility index (Phi) is 14.2. The van der Waals surface area contributed by atoms with Crippen molar-refractivity contribution >= 4 is 17.6 Å². The van der Waals surface area contributed by atoms with Crippen LogP contribution in [0, 0.1) is 0 Å². The van der Waals surface area contributed by atoms with Crippen LogP contribution in [0.2, 0.25) is 0 Å². The van der Waals surface area contributed by atoms with Crippen LogP contribution in [0.15, 0.2) is 46.6 Å². The Morgan fingerprint density at radius 3 is 1.47 bits per heavy atom. The molecular weight excluding hydrogens is 376 g/mol. The van der Waals surface area contributed by atoms with Gasteiger partial charge in [0.05, 0.1) is 0 Å². The summed E-state index contributed by atoms with van der Waals surface area (Å²) in [5, 5.41) is 0. The average molecular weight is 417 g/mol. The van der Waals surface area contributed by atoms with Crippen molar-refractivity contribution in [3.05, 3.63) is 46.6 Å². The predicted octanol–water partition coefficient (Wildman–Crippen LogP) is 5.04. The molecule has 0 saturated heterocycles. The van der Waals surface area contributed by atoms with Crippen molar-refractivity contribution in [3.63, 3.8) is 0 Å². The van der Waals surface area contributed by atoms with Crippen molar-refractivity contribution in [2.24, 2.45) is 5.73 Å². The van der Waals surface area contributed by atoms with E-state index in [0.29, 0.717) is 13.1 Å². The topological polar surface area (TPSA) is 80.5 Å². The first kappa shape index (κ1) is 27.6. The maximum Gasteiger partial charge on any atom is 0.290 e. The molecular formula is C25H40N2O3. The molecule has 0 radical (unpaired) electrons. The third kappa shape index (κ3) is 14.6. The molecule has 0 bridgehead atoms. The largest absolute Gasteiger partial charge is 0.370 e. The average Bonchev–Trinajstić information content (AvgIpc) is 2.64. The molecule has 30 heavy (non-hydrogen) atoms. The Hall–Kier alpha value is -2.43. The molecule has 0 rings (SSSR count). The molecule has 0 unspecified atom stereocenters. The summed E-state index contributed by atoms with van der Waals surface area (Å²) < 4.78 is 0. The van der Waals surface area contributed by atoms with E-state index >= 15 is 0 Å². The molecule has 5 nitrogen and oxygen atoms in total. The number of ketones is 1. The maximum absolute atomic E-state index is 12.6. The van der Waals surface area contributed by atoms with Gasteiger partial charge in [-0.05, 0) is 67.2 Å². The molecule has 2 amide bonds. The van der Waals surface area contributed by atoms with E-state index in [4.69, 9.17) is 5.73 Å². The number of allylic oxidation sites excluding steroid dienone is 6. The van der Waals surface area contributed by atoms with Gasteiger partial charge in [0.15, 0.2) is 0 Å². The molecule has 0 aliphatic carbocycles. The van der Waals surface area contributed by atoms with Crippen molar-refractivity contribution in [3.8, 4) is 0 Å². The Morgan fingerprint density at radius 1 is 0.667 bits per heavy atom. The minimum atomic E-state index is -0.576. The van der Waals surface area contributed by atoms with Gasteiger partial charge in [0.2, 0.25) is 11.7 Å². The molecule has 0 aromatic heterocycles. The smallest absolute Gasteiger partial charge is 0.290 e. The second-order valence-electron chi connectivity index (χ2n) is 8.34. The second-order valence-corrected chi connectivity index (χ2v) is 8.34. The van der Waals surface area contributed by atoms with E-state index in [2.05, 4.69) is 39.8 Å². The standard InChI is InChI=1S/C25H40N2O3/c1-19(2)9-7-11-21(5)15-17-27(25(30)23(28)13-14-24(26)29)18-16-22(6)12-8-10-20(3)4/h9-10,15-16H,7-8,11-14,17-18H2,1-6H3,(H2,26,29). The maximum atomic E-state index is 12.6. The van der Waals surface area contributed by atoms with Gasteiger partial charge >= 0.3 is 0 Å². The van der Waals surface area contributed by atoms with E-state index in [1.54, 1.807) is 0 Å². The summed E-state index contributed by atoms with van der Waals surface area (Å²) >= 11 is 0. The fourth-order valence-corrected chi connectivity index (χ4v) is 2.67. The van der Waals surface area contributed by atoms with E-state index in [9.17, 15) is 14.4 Å². The van der Waals surface area contributed by atoms with Gasteiger partial charge in [-0.3, -0.25) is 14.4 Å². The van der Waals surface area contributed by atoms with Gasteiger partial charge in [-0.15, -0.1) is 0 Å². The first-order valence-corrected chi connectivity index (χ1v) is 10.7. The highest BCUT2D eigenvalue weighted by Gasteiger charge is 2.20. The monoisotopic (exact) mass is 416 g/mol. The summed E-state index contributed by atoms with van der Waals surface area (Å²) in [6, 6.07) is 0. The molecule has 0 aromatic rings. The summed E-state index contributed by atoms with van der Waals surface area (Å²) in [6.07, 6.45) is 11.9. The van der Waals surface area contributed by atoms with Crippen LogP contribution in [0.3, 0.4) is 0 Å². The Morgan fingerprint density at radius 2 is 1.10 bits per heavy atom. The van der Waals surface area contributed by atoms with Crippen molar-refractivity contribution in [2.75, 3.05) is 13.1 Å². The van der Waals surface area contributed by atoms with Crippen LogP contribution in [-0.2, 0) is 14.4 Å². The second kappa shape index (κ2) is 15.4. The minimum absolute atomic E-state index is 0.104. The molecule has 0 aliphatic rings. The lowest BCUT2D eigenvalue weighted by atomic mass is 10.1. The summed E-state index contributed by atoms with van der Waals surface area (Å²) in [6.45, 7) is 13.1. The van der Waals surface area contributed by atoms with Crippen molar-refractivity contribution in [1.29, 1.82) is 0 Å². The lowest BCUT2D eigenvalue weighted by Crippen LogP contribution is -2.37. The van der Waals surface area contributed by atoms with E-state index in [1.165, 1.54) is 27.2 Å². The summed E-state index contributed by atoms with van der Waals surface area (Å²) in [4.78, 5) is 37.3. The quantitative estimate of drug-likeness (QED) is 0.318. The molecule has 0 heterocycles. The third-order valence-corrected chi connectivity index (χ3v) is 4.63. The number of carbonyl (C=O) groups is 3. The fourth-order valence-electron chi connectivity index (χ4n) is 2.67. The molecule has 0 aromatic carbocycles. The number of carbonyl (C=O) groups excluding carboxylic acids is 3. The highest BCUT2D eigenvalue weighted by molar-refractivity contribution is 6.36. The molecule has 0 aliphatic heterocycles. The summed E-state index contributed by atoms with van der Waals surface area (Å²) in [5.74, 6) is -1.70. The number of hydrogen-bond acceptors (Lipinski definition) is 3. The van der Waals surface area contributed by atoms with Crippen LogP contribution in [0.1, 0.15) is 80.1 Å². The van der Waals surface area contributed by atoms with Crippen molar-refractivity contribution < 1.29 is 14.4 Å². The molecule has 168 valence electrons. The van der Waals surface area contributed by atoms with Crippen LogP contribution < -0.4 is 5.73 Å². The van der Waals surface area contributed by atoms with Crippen LogP contribution in [-0.4, -0.2) is 35.6 Å². The number of primary amides is 1. The Bertz CT molecular complexity index is 664. The summed E-state index contributed by atoms with van der Waals surface area (Å²) in [7, 11) is 0. The van der Waals surface area contributed by atoms with Gasteiger partial charge in [0, 0.05) is 25.9 Å². The van der Waals surface area contributed by atoms with Crippen LogP contribution >= 0.6 is 0 Å². The zero-order valence-electron chi connectivity index (χ0n) is 19.7. The molecule has 2 N–H and O–H groups in total. The lowest BCUT2D eigenvalue weighted by molar-refractivity contribution is -0.144. The van der Waals surface area contributed by atoms with Gasteiger partial charge < -0.3 is 10.6 Å². The number of nitrogens with zero attached hydrogens (tertiary/aromatic N) is 1. The first-order valence-electron chi connectivity index (χ1n) is 10.7. The fraction of sp³-hybridized carbons (Fsp3) is 0.560. The third-order valence-electron chi connectivity index (χ3n) is 4.63. The summed E-state index contributed by atoms with van der Waals surface area (Å²) in [5.41, 5.74) is 10.0. The zero-order valence-corrected chi connectivity index (χ0v) is 19.7. The highest BCUT2D eigenvalue weighted by Crippen LogP contribution is 2.10. The molecule has 0 fully saturated rings. The van der Waals surface area contributed by atoms with Gasteiger partial charge in [-0.25, -0.2) is 0 Å². The number of hydrogen-bond donors (Lipinski definition) is 1. The predicted molar refractivity (Wildman–Crippen MR) is 125 cm³/mol. The van der Waals surface area contributed by atoms with Gasteiger partial charge in [0.1, 0.15) is 0 Å². The Labute approximate surface area is 182 Å². The van der Waals surface area contributed by atoms with Crippen LogP contribution in [0.25, 0.3) is 0 Å². The molecule has 0 saturated carbocycles. The van der Waals surface area contributed by atoms with E-state index in [1.807, 2.05) is 26.0 Å². The van der Waals surface area contributed by atoms with Crippen LogP contribution in [0.5, 0.6) is 0 Å². The SMILES string of the molecule is CC(C)=CCCC(C)=CCN(CC=C(C)CCC=C(C)C)C(=O)C(=O)CCC(N)=O. The minimum Gasteiger partial charge on any atom is -0.370 e. The van der Waals surface area contributed by atoms with Crippen molar-refractivity contribution in [2.45, 2.75) is 80.1 Å². The van der Waals surface area contributed by atoms with E-state index in [0.717, 1.165) is 25.7 Å². The Balaban J connectivity index is 5.13. The number of rotatable bonds is 14. The van der Waals surface area contributed by atoms with Crippen LogP contribution in [0.4, 0.5) is 0 Å².